The average molecular weight is 437 g/mol. The maximum atomic E-state index is 12.5. The van der Waals surface area contributed by atoms with E-state index in [1.807, 2.05) is 31.2 Å². The summed E-state index contributed by atoms with van der Waals surface area (Å²) in [6, 6.07) is 9.29. The van der Waals surface area contributed by atoms with Gasteiger partial charge in [0.05, 0.1) is 17.1 Å². The normalized spacial score (nSPS) is 19.6. The predicted molar refractivity (Wildman–Crippen MR) is 109 cm³/mol. The first-order valence-electron chi connectivity index (χ1n) is 9.73. The number of para-hydroxylation sites is 2. The van der Waals surface area contributed by atoms with E-state index in [2.05, 4.69) is 15.3 Å². The summed E-state index contributed by atoms with van der Waals surface area (Å²) in [6.45, 7) is 2.20. The molecule has 3 atom stereocenters. The number of aryl methyl sites for hydroxylation is 1. The molecule has 1 aliphatic rings. The van der Waals surface area contributed by atoms with Crippen LogP contribution in [-0.4, -0.2) is 28.7 Å². The second kappa shape index (κ2) is 7.94. The van der Waals surface area contributed by atoms with Crippen LogP contribution in [0.1, 0.15) is 48.0 Å². The van der Waals surface area contributed by atoms with E-state index in [4.69, 9.17) is 4.74 Å². The van der Waals surface area contributed by atoms with Crippen LogP contribution >= 0.6 is 11.3 Å². The first kappa shape index (κ1) is 20.7. The fraction of sp³-hybridized carbons (Fsp3) is 0.429. The topological polar surface area (TPSA) is 67.0 Å². The largest absolute Gasteiger partial charge is 0.474 e. The molecular weight excluding hydrogens is 415 g/mol. The standard InChI is InChI=1S/C21H22F3N3O2S/c1-11-7-17(30-20(11)29-10-21(22,23)24)12(2)25-18(28)9-13-8-14(13)19-26-15-5-3-4-6-16(15)27-19/h3-7,12-14H,8-10H2,1-2H3,(H,25,28)(H,26,27)/t12-,13-,14-/m1/s1. The van der Waals surface area contributed by atoms with Crippen LogP contribution < -0.4 is 10.1 Å². The second-order valence-electron chi connectivity index (χ2n) is 7.76. The Kier molecular flexibility index (Phi) is 5.48. The quantitative estimate of drug-likeness (QED) is 0.531. The van der Waals surface area contributed by atoms with Gasteiger partial charge in [-0.2, -0.15) is 13.2 Å². The van der Waals surface area contributed by atoms with E-state index in [0.29, 0.717) is 12.0 Å². The number of nitrogens with one attached hydrogen (secondary N) is 2. The summed E-state index contributed by atoms with van der Waals surface area (Å²) < 4.78 is 42.0. The number of thiophene rings is 1. The number of H-pyrrole nitrogens is 1. The molecule has 160 valence electrons. The lowest BCUT2D eigenvalue weighted by Gasteiger charge is -2.12. The highest BCUT2D eigenvalue weighted by molar-refractivity contribution is 7.14. The Morgan fingerprint density at radius 2 is 2.17 bits per heavy atom. The van der Waals surface area contributed by atoms with Gasteiger partial charge in [0.25, 0.3) is 0 Å². The van der Waals surface area contributed by atoms with Gasteiger partial charge in [0.1, 0.15) is 5.82 Å². The number of hydrogen-bond donors (Lipinski definition) is 2. The van der Waals surface area contributed by atoms with Crippen molar-refractivity contribution in [1.82, 2.24) is 15.3 Å². The van der Waals surface area contributed by atoms with Crippen LogP contribution in [0.5, 0.6) is 5.06 Å². The van der Waals surface area contributed by atoms with Gasteiger partial charge in [0.15, 0.2) is 11.7 Å². The zero-order valence-electron chi connectivity index (χ0n) is 16.5. The third-order valence-corrected chi connectivity index (χ3v) is 6.52. The van der Waals surface area contributed by atoms with Gasteiger partial charge in [0, 0.05) is 22.8 Å². The lowest BCUT2D eigenvalue weighted by atomic mass is 10.2. The van der Waals surface area contributed by atoms with Crippen LogP contribution in [0.15, 0.2) is 30.3 Å². The van der Waals surface area contributed by atoms with Gasteiger partial charge >= 0.3 is 6.18 Å². The first-order chi connectivity index (χ1) is 14.2. The third-order valence-electron chi connectivity index (χ3n) is 5.19. The smallest absolute Gasteiger partial charge is 0.422 e. The van der Waals surface area contributed by atoms with Crippen molar-refractivity contribution in [3.8, 4) is 5.06 Å². The minimum absolute atomic E-state index is 0.0741. The van der Waals surface area contributed by atoms with E-state index < -0.39 is 12.8 Å². The maximum absolute atomic E-state index is 12.5. The number of nitrogens with zero attached hydrogens (tertiary/aromatic N) is 1. The molecule has 9 heteroatoms. The molecule has 1 aromatic carbocycles. The van der Waals surface area contributed by atoms with Crippen molar-refractivity contribution in [3.63, 3.8) is 0 Å². The number of carbonyl (C=O) groups excluding carboxylic acids is 1. The highest BCUT2D eigenvalue weighted by Crippen LogP contribution is 2.48. The molecule has 1 saturated carbocycles. The molecule has 5 nitrogen and oxygen atoms in total. The Bertz CT molecular complexity index is 1030. The summed E-state index contributed by atoms with van der Waals surface area (Å²) in [4.78, 5) is 21.2. The molecule has 4 rings (SSSR count). The monoisotopic (exact) mass is 437 g/mol. The number of amides is 1. The fourth-order valence-corrected chi connectivity index (χ4v) is 4.58. The van der Waals surface area contributed by atoms with Crippen molar-refractivity contribution in [3.05, 3.63) is 46.6 Å². The number of aromatic nitrogens is 2. The van der Waals surface area contributed by atoms with Crippen molar-refractivity contribution >= 4 is 28.3 Å². The minimum Gasteiger partial charge on any atom is -0.474 e. The van der Waals surface area contributed by atoms with Crippen molar-refractivity contribution < 1.29 is 22.7 Å². The van der Waals surface area contributed by atoms with E-state index in [1.165, 1.54) is 0 Å². The van der Waals surface area contributed by atoms with Crippen LogP contribution in [0.4, 0.5) is 13.2 Å². The Hall–Kier alpha value is -2.55. The second-order valence-corrected chi connectivity index (χ2v) is 8.80. The molecule has 2 heterocycles. The summed E-state index contributed by atoms with van der Waals surface area (Å²) in [5.41, 5.74) is 2.55. The maximum Gasteiger partial charge on any atom is 0.422 e. The van der Waals surface area contributed by atoms with Crippen molar-refractivity contribution in [2.45, 2.75) is 44.8 Å². The van der Waals surface area contributed by atoms with Gasteiger partial charge in [-0.15, -0.1) is 11.3 Å². The van der Waals surface area contributed by atoms with Gasteiger partial charge in [-0.1, -0.05) is 12.1 Å². The molecule has 0 saturated heterocycles. The SMILES string of the molecule is Cc1cc([C@@H](C)NC(=O)C[C@H]2C[C@H]2c2nc3ccccc3[nH]2)sc1OCC(F)(F)F. The number of aromatic amines is 1. The number of imidazole rings is 1. The van der Waals surface area contributed by atoms with Crippen LogP contribution in [0.2, 0.25) is 0 Å². The number of hydrogen-bond acceptors (Lipinski definition) is 4. The minimum atomic E-state index is -4.38. The van der Waals surface area contributed by atoms with E-state index in [9.17, 15) is 18.0 Å². The molecule has 1 fully saturated rings. The summed E-state index contributed by atoms with van der Waals surface area (Å²) in [5.74, 6) is 1.34. The zero-order chi connectivity index (χ0) is 21.5. The molecule has 0 aliphatic heterocycles. The summed E-state index contributed by atoms with van der Waals surface area (Å²) in [6.07, 6.45) is -3.07. The zero-order valence-corrected chi connectivity index (χ0v) is 17.4. The van der Waals surface area contributed by atoms with Crippen molar-refractivity contribution in [1.29, 1.82) is 0 Å². The summed E-state index contributed by atoms with van der Waals surface area (Å²) in [7, 11) is 0. The fourth-order valence-electron chi connectivity index (χ4n) is 3.56. The molecule has 2 N–H and O–H groups in total. The van der Waals surface area contributed by atoms with E-state index >= 15 is 0 Å². The van der Waals surface area contributed by atoms with Gasteiger partial charge < -0.3 is 15.0 Å². The number of halogens is 3. The van der Waals surface area contributed by atoms with Crippen LogP contribution in [-0.2, 0) is 4.79 Å². The van der Waals surface area contributed by atoms with Gasteiger partial charge in [-0.25, -0.2) is 4.98 Å². The number of carbonyl (C=O) groups is 1. The molecule has 1 aliphatic carbocycles. The Labute approximate surface area is 175 Å². The van der Waals surface area contributed by atoms with Gasteiger partial charge in [-0.05, 0) is 44.4 Å². The van der Waals surface area contributed by atoms with Crippen LogP contribution in [0.3, 0.4) is 0 Å². The molecule has 2 aromatic heterocycles. The predicted octanol–water partition coefficient (Wildman–Crippen LogP) is 5.24. The number of alkyl halides is 3. The number of ether oxygens (including phenoxy) is 1. The van der Waals surface area contributed by atoms with E-state index in [1.54, 1.807) is 13.0 Å². The lowest BCUT2D eigenvalue weighted by molar-refractivity contribution is -0.153. The van der Waals surface area contributed by atoms with E-state index in [-0.39, 0.29) is 28.8 Å². The molecular formula is C21H22F3N3O2S. The summed E-state index contributed by atoms with van der Waals surface area (Å²) >= 11 is 1.13. The van der Waals surface area contributed by atoms with Crippen LogP contribution in [0, 0.1) is 12.8 Å². The summed E-state index contributed by atoms with van der Waals surface area (Å²) in [5, 5.41) is 3.17. The lowest BCUT2D eigenvalue weighted by Crippen LogP contribution is -2.26. The van der Waals surface area contributed by atoms with Crippen LogP contribution in [0.25, 0.3) is 11.0 Å². The van der Waals surface area contributed by atoms with Crippen molar-refractivity contribution in [2.75, 3.05) is 6.61 Å². The molecule has 0 bridgehead atoms. The average Bonchev–Trinajstić information content (AvgIpc) is 3.12. The number of rotatable bonds is 7. The molecule has 0 radical (unpaired) electrons. The Balaban J connectivity index is 1.30. The molecule has 1 amide bonds. The highest BCUT2D eigenvalue weighted by atomic mass is 32.1. The molecule has 0 unspecified atom stereocenters. The molecule has 0 spiro atoms. The Morgan fingerprint density at radius 3 is 2.90 bits per heavy atom. The van der Waals surface area contributed by atoms with E-state index in [0.717, 1.165) is 39.5 Å². The third kappa shape index (κ3) is 4.77. The number of fused-ring (bicyclic) bond motifs is 1. The van der Waals surface area contributed by atoms with Crippen molar-refractivity contribution in [2.24, 2.45) is 5.92 Å². The van der Waals surface area contributed by atoms with Gasteiger partial charge in [-0.3, -0.25) is 4.79 Å². The molecule has 3 aromatic rings. The molecule has 30 heavy (non-hydrogen) atoms. The first-order valence-corrected chi connectivity index (χ1v) is 10.5. The highest BCUT2D eigenvalue weighted by Gasteiger charge is 2.42. The number of benzene rings is 1. The van der Waals surface area contributed by atoms with Gasteiger partial charge in [0.2, 0.25) is 5.91 Å². The Morgan fingerprint density at radius 1 is 1.40 bits per heavy atom.